The number of benzene rings is 3. The molecule has 1 aliphatic carbocycles. The lowest BCUT2D eigenvalue weighted by Gasteiger charge is -2.27. The molecule has 0 radical (unpaired) electrons. The number of carbonyl (C=O) groups excluding carboxylic acids is 1. The number of hydrogen-bond donors (Lipinski definition) is 1. The molecule has 1 N–H and O–H groups in total. The molecule has 5 heteroatoms. The predicted octanol–water partition coefficient (Wildman–Crippen LogP) is 7.67. The van der Waals surface area contributed by atoms with Gasteiger partial charge in [0.25, 0.3) is 0 Å². The van der Waals surface area contributed by atoms with Gasteiger partial charge in [0.05, 0.1) is 0 Å². The molecule has 0 saturated heterocycles. The maximum absolute atomic E-state index is 13.0. The van der Waals surface area contributed by atoms with Crippen LogP contribution in [0.25, 0.3) is 11.1 Å². The summed E-state index contributed by atoms with van der Waals surface area (Å²) in [5, 5.41) is 5.14. The Morgan fingerprint density at radius 1 is 0.806 bits per heavy atom. The molecule has 0 saturated carbocycles. The molecule has 0 aromatic heterocycles. The van der Waals surface area contributed by atoms with Crippen molar-refractivity contribution in [2.75, 3.05) is 0 Å². The second-order valence-corrected chi connectivity index (χ2v) is 9.00. The highest BCUT2D eigenvalue weighted by atomic mass is 35.5. The van der Waals surface area contributed by atoms with Crippen molar-refractivity contribution in [1.82, 2.24) is 5.32 Å². The van der Waals surface area contributed by atoms with Crippen molar-refractivity contribution >= 4 is 51.9 Å². The Morgan fingerprint density at radius 2 is 1.39 bits per heavy atom. The molecule has 0 heterocycles. The summed E-state index contributed by atoms with van der Waals surface area (Å²) in [7, 11) is 0. The first kappa shape index (κ1) is 22.0. The van der Waals surface area contributed by atoms with Crippen LogP contribution >= 0.6 is 34.8 Å². The number of carbonyl (C=O) groups is 1. The van der Waals surface area contributed by atoms with Gasteiger partial charge in [-0.3, -0.25) is 4.79 Å². The number of amides is 1. The van der Waals surface area contributed by atoms with E-state index in [1.54, 1.807) is 0 Å². The monoisotopic (exact) mass is 469 g/mol. The van der Waals surface area contributed by atoms with E-state index in [1.807, 2.05) is 72.8 Å². The smallest absolute Gasteiger partial charge is 0.223 e. The van der Waals surface area contributed by atoms with Crippen LogP contribution in [0.5, 0.6) is 0 Å². The molecule has 1 aliphatic rings. The second kappa shape index (κ2) is 9.91. The van der Waals surface area contributed by atoms with Gasteiger partial charge >= 0.3 is 0 Å². The van der Waals surface area contributed by atoms with Crippen molar-refractivity contribution in [3.8, 4) is 0 Å². The molecule has 1 amide bonds. The highest BCUT2D eigenvalue weighted by Crippen LogP contribution is 2.41. The van der Waals surface area contributed by atoms with E-state index >= 15 is 0 Å². The quantitative estimate of drug-likeness (QED) is 0.407. The zero-order valence-electron chi connectivity index (χ0n) is 16.9. The zero-order chi connectivity index (χ0) is 21.8. The molecule has 0 aliphatic heterocycles. The molecule has 31 heavy (non-hydrogen) atoms. The third-order valence-electron chi connectivity index (χ3n) is 5.72. The molecular weight excluding hydrogens is 449 g/mol. The van der Waals surface area contributed by atoms with Crippen LogP contribution < -0.4 is 5.32 Å². The normalized spacial score (nSPS) is 16.3. The van der Waals surface area contributed by atoms with Crippen LogP contribution in [-0.2, 0) is 11.3 Å². The van der Waals surface area contributed by atoms with E-state index in [-0.39, 0.29) is 11.8 Å². The summed E-state index contributed by atoms with van der Waals surface area (Å²) >= 11 is 18.4. The van der Waals surface area contributed by atoms with Crippen molar-refractivity contribution < 1.29 is 4.79 Å². The molecule has 4 rings (SSSR count). The number of allylic oxidation sites excluding steroid dienone is 2. The Labute approximate surface area is 197 Å². The van der Waals surface area contributed by atoms with Gasteiger partial charge in [-0.2, -0.15) is 0 Å². The van der Waals surface area contributed by atoms with Crippen LogP contribution in [-0.4, -0.2) is 5.91 Å². The van der Waals surface area contributed by atoms with E-state index < -0.39 is 0 Å². The van der Waals surface area contributed by atoms with Gasteiger partial charge in [-0.1, -0.05) is 77.3 Å². The van der Waals surface area contributed by atoms with Crippen LogP contribution in [0, 0.1) is 5.92 Å². The third-order valence-corrected chi connectivity index (χ3v) is 6.60. The van der Waals surface area contributed by atoms with E-state index in [1.165, 1.54) is 11.1 Å². The average Bonchev–Trinajstić information content (AvgIpc) is 2.79. The fraction of sp³-hybridized carbons (Fsp3) is 0.192. The lowest BCUT2D eigenvalue weighted by atomic mass is 9.78. The first-order valence-electron chi connectivity index (χ1n) is 10.3. The Bertz CT molecular complexity index is 1100. The molecular formula is C26H22Cl3NO. The van der Waals surface area contributed by atoms with Gasteiger partial charge in [-0.25, -0.2) is 0 Å². The summed E-state index contributed by atoms with van der Waals surface area (Å²) in [5.74, 6) is -0.0363. The van der Waals surface area contributed by atoms with Crippen LogP contribution in [0.2, 0.25) is 15.1 Å². The van der Waals surface area contributed by atoms with Gasteiger partial charge in [0.15, 0.2) is 0 Å². The van der Waals surface area contributed by atoms with Crippen LogP contribution in [0.3, 0.4) is 0 Å². The van der Waals surface area contributed by atoms with Gasteiger partial charge < -0.3 is 5.32 Å². The fourth-order valence-corrected chi connectivity index (χ4v) is 4.50. The van der Waals surface area contributed by atoms with Gasteiger partial charge in [0.1, 0.15) is 0 Å². The third kappa shape index (κ3) is 5.33. The summed E-state index contributed by atoms with van der Waals surface area (Å²) in [6, 6.07) is 23.3. The molecule has 1 atom stereocenters. The molecule has 3 aromatic rings. The summed E-state index contributed by atoms with van der Waals surface area (Å²) in [4.78, 5) is 13.0. The number of rotatable bonds is 5. The lowest BCUT2D eigenvalue weighted by molar-refractivity contribution is -0.125. The van der Waals surface area contributed by atoms with Gasteiger partial charge in [0, 0.05) is 27.5 Å². The number of hydrogen-bond acceptors (Lipinski definition) is 1. The first-order chi connectivity index (χ1) is 15.0. The van der Waals surface area contributed by atoms with Crippen molar-refractivity contribution in [1.29, 1.82) is 0 Å². The first-order valence-corrected chi connectivity index (χ1v) is 11.4. The summed E-state index contributed by atoms with van der Waals surface area (Å²) in [6.07, 6.45) is 2.29. The van der Waals surface area contributed by atoms with E-state index in [4.69, 9.17) is 34.8 Å². The average molecular weight is 471 g/mol. The van der Waals surface area contributed by atoms with Crippen molar-refractivity contribution in [3.05, 3.63) is 105 Å². The lowest BCUT2D eigenvalue weighted by Crippen LogP contribution is -2.32. The minimum atomic E-state index is -0.0933. The predicted molar refractivity (Wildman–Crippen MR) is 130 cm³/mol. The molecule has 158 valence electrons. The Balaban J connectivity index is 1.58. The Kier molecular flexibility index (Phi) is 7.02. The molecule has 3 aromatic carbocycles. The molecule has 0 bridgehead atoms. The van der Waals surface area contributed by atoms with E-state index in [2.05, 4.69) is 5.32 Å². The minimum Gasteiger partial charge on any atom is -0.352 e. The summed E-state index contributed by atoms with van der Waals surface area (Å²) in [5.41, 5.74) is 5.60. The molecule has 2 nitrogen and oxygen atoms in total. The Hall–Kier alpha value is -2.26. The minimum absolute atomic E-state index is 0.0570. The number of nitrogens with one attached hydrogen (secondary N) is 1. The van der Waals surface area contributed by atoms with Crippen LogP contribution in [0.15, 0.2) is 72.8 Å². The summed E-state index contributed by atoms with van der Waals surface area (Å²) < 4.78 is 0. The van der Waals surface area contributed by atoms with E-state index in [0.717, 1.165) is 29.5 Å². The Morgan fingerprint density at radius 3 is 2.00 bits per heavy atom. The van der Waals surface area contributed by atoms with Gasteiger partial charge in [0.2, 0.25) is 5.91 Å². The summed E-state index contributed by atoms with van der Waals surface area (Å²) in [6.45, 7) is 0.430. The van der Waals surface area contributed by atoms with Crippen LogP contribution in [0.4, 0.5) is 0 Å². The molecule has 1 unspecified atom stereocenters. The fourth-order valence-electron chi connectivity index (χ4n) is 4.05. The standard InChI is InChI=1S/C26H22Cl3NO/c27-21-10-5-17(6-11-21)23-14-9-19(15-24(23)18-7-12-22(28)13-8-18)26(31)30-16-20-3-1-2-4-25(20)29/h1-8,10-13,19H,9,14-16H2,(H,30,31). The molecule has 0 fully saturated rings. The largest absolute Gasteiger partial charge is 0.352 e. The van der Waals surface area contributed by atoms with Crippen molar-refractivity contribution in [2.45, 2.75) is 25.8 Å². The van der Waals surface area contributed by atoms with Crippen molar-refractivity contribution in [2.24, 2.45) is 5.92 Å². The van der Waals surface area contributed by atoms with Gasteiger partial charge in [-0.05, 0) is 77.4 Å². The van der Waals surface area contributed by atoms with Crippen LogP contribution in [0.1, 0.15) is 36.0 Å². The van der Waals surface area contributed by atoms with Gasteiger partial charge in [-0.15, -0.1) is 0 Å². The topological polar surface area (TPSA) is 29.1 Å². The molecule has 0 spiro atoms. The highest BCUT2D eigenvalue weighted by Gasteiger charge is 2.27. The van der Waals surface area contributed by atoms with Crippen molar-refractivity contribution in [3.63, 3.8) is 0 Å². The van der Waals surface area contributed by atoms with E-state index in [9.17, 15) is 4.79 Å². The SMILES string of the molecule is O=C(NCc1ccccc1Cl)C1CCC(c2ccc(Cl)cc2)=C(c2ccc(Cl)cc2)C1. The zero-order valence-corrected chi connectivity index (χ0v) is 19.1. The maximum atomic E-state index is 13.0. The van der Waals surface area contributed by atoms with E-state index in [0.29, 0.717) is 28.0 Å². The second-order valence-electron chi connectivity index (χ2n) is 7.72. The maximum Gasteiger partial charge on any atom is 0.223 e. The number of halogens is 3. The highest BCUT2D eigenvalue weighted by molar-refractivity contribution is 6.31.